The van der Waals surface area contributed by atoms with Crippen LogP contribution in [0.5, 0.6) is 5.75 Å². The van der Waals surface area contributed by atoms with Gasteiger partial charge in [-0.2, -0.15) is 5.10 Å². The monoisotopic (exact) mass is 355 g/mol. The van der Waals surface area contributed by atoms with Crippen molar-refractivity contribution in [3.63, 3.8) is 0 Å². The average molecular weight is 356 g/mol. The number of rotatable bonds is 6. The van der Waals surface area contributed by atoms with E-state index in [1.807, 2.05) is 7.05 Å². The lowest BCUT2D eigenvalue weighted by Crippen LogP contribution is -2.26. The van der Waals surface area contributed by atoms with Gasteiger partial charge in [-0.3, -0.25) is 4.68 Å². The Bertz CT molecular complexity index is 615. The van der Waals surface area contributed by atoms with Crippen LogP contribution in [-0.2, 0) is 7.05 Å². The summed E-state index contributed by atoms with van der Waals surface area (Å²) in [5.74, 6) is 0.444. The number of benzene rings is 1. The molecular formula is C15H19BrFN3O. The van der Waals surface area contributed by atoms with Crippen molar-refractivity contribution in [3.8, 4) is 5.75 Å². The summed E-state index contributed by atoms with van der Waals surface area (Å²) in [6.45, 7) is 2.94. The number of nitrogens with zero attached hydrogens (tertiary/aromatic N) is 2. The first-order valence-corrected chi connectivity index (χ1v) is 7.62. The Morgan fingerprint density at radius 3 is 2.86 bits per heavy atom. The van der Waals surface area contributed by atoms with E-state index in [0.29, 0.717) is 5.75 Å². The van der Waals surface area contributed by atoms with Gasteiger partial charge in [-0.1, -0.05) is 28.9 Å². The number of nitrogens with one attached hydrogen (secondary N) is 1. The Morgan fingerprint density at radius 1 is 1.48 bits per heavy atom. The van der Waals surface area contributed by atoms with E-state index in [1.165, 1.54) is 12.1 Å². The molecule has 0 saturated heterocycles. The lowest BCUT2D eigenvalue weighted by atomic mass is 10.0. The number of aryl methyl sites for hydroxylation is 1. The van der Waals surface area contributed by atoms with Crippen LogP contribution in [-0.4, -0.2) is 23.4 Å². The fourth-order valence-electron chi connectivity index (χ4n) is 2.29. The van der Waals surface area contributed by atoms with Gasteiger partial charge < -0.3 is 10.1 Å². The fourth-order valence-corrected chi connectivity index (χ4v) is 2.87. The summed E-state index contributed by atoms with van der Waals surface area (Å²) in [4.78, 5) is 0. The predicted octanol–water partition coefficient (Wildman–Crippen LogP) is 3.42. The lowest BCUT2D eigenvalue weighted by Gasteiger charge is -2.21. The van der Waals surface area contributed by atoms with Crippen LogP contribution < -0.4 is 10.1 Å². The Morgan fingerprint density at radius 2 is 2.24 bits per heavy atom. The van der Waals surface area contributed by atoms with Gasteiger partial charge in [0, 0.05) is 11.5 Å². The topological polar surface area (TPSA) is 39.1 Å². The van der Waals surface area contributed by atoms with E-state index in [4.69, 9.17) is 4.74 Å². The molecule has 6 heteroatoms. The first-order chi connectivity index (χ1) is 10.1. The minimum atomic E-state index is -0.267. The van der Waals surface area contributed by atoms with Crippen molar-refractivity contribution in [2.24, 2.45) is 7.05 Å². The minimum absolute atomic E-state index is 0.123. The van der Waals surface area contributed by atoms with Crippen molar-refractivity contribution < 1.29 is 9.13 Å². The number of halogens is 2. The van der Waals surface area contributed by atoms with Gasteiger partial charge in [0.2, 0.25) is 0 Å². The van der Waals surface area contributed by atoms with Crippen LogP contribution in [0.2, 0.25) is 0 Å². The summed E-state index contributed by atoms with van der Waals surface area (Å²) >= 11 is 3.45. The largest absolute Gasteiger partial charge is 0.493 e. The summed E-state index contributed by atoms with van der Waals surface area (Å²) in [5, 5.41) is 7.72. The maximum atomic E-state index is 13.3. The second kappa shape index (κ2) is 7.04. The van der Waals surface area contributed by atoms with Gasteiger partial charge in [0.1, 0.15) is 11.5 Å². The average Bonchev–Trinajstić information content (AvgIpc) is 2.82. The van der Waals surface area contributed by atoms with Crippen LogP contribution in [0.15, 0.2) is 28.9 Å². The van der Waals surface area contributed by atoms with Crippen LogP contribution in [0.1, 0.15) is 30.6 Å². The number of hydrogen-bond donors (Lipinski definition) is 1. The molecule has 2 rings (SSSR count). The SMILES string of the molecule is CCCNC(c1ccc(F)cc1Br)c1c(OC)cnn1C. The molecule has 1 N–H and O–H groups in total. The summed E-state index contributed by atoms with van der Waals surface area (Å²) in [6, 6.07) is 4.59. The molecule has 0 aliphatic rings. The molecule has 114 valence electrons. The van der Waals surface area contributed by atoms with Gasteiger partial charge in [-0.25, -0.2) is 4.39 Å². The second-order valence-electron chi connectivity index (χ2n) is 4.77. The van der Waals surface area contributed by atoms with Crippen LogP contribution in [0.4, 0.5) is 4.39 Å². The van der Waals surface area contributed by atoms with Gasteiger partial charge in [0.05, 0.1) is 19.3 Å². The first-order valence-electron chi connectivity index (χ1n) is 6.82. The summed E-state index contributed by atoms with van der Waals surface area (Å²) in [5.41, 5.74) is 1.87. The Kier molecular flexibility index (Phi) is 5.36. The van der Waals surface area contributed by atoms with E-state index < -0.39 is 0 Å². The predicted molar refractivity (Wildman–Crippen MR) is 84.0 cm³/mol. The Labute approximate surface area is 132 Å². The van der Waals surface area contributed by atoms with Crippen molar-refractivity contribution in [1.29, 1.82) is 0 Å². The molecule has 0 saturated carbocycles. The van der Waals surface area contributed by atoms with Crippen LogP contribution in [0.3, 0.4) is 0 Å². The molecule has 1 aromatic heterocycles. The molecule has 0 spiro atoms. The van der Waals surface area contributed by atoms with Crippen LogP contribution >= 0.6 is 15.9 Å². The highest BCUT2D eigenvalue weighted by molar-refractivity contribution is 9.10. The van der Waals surface area contributed by atoms with Crippen molar-refractivity contribution in [1.82, 2.24) is 15.1 Å². The molecular weight excluding hydrogens is 337 g/mol. The third-order valence-corrected chi connectivity index (χ3v) is 4.00. The molecule has 0 aliphatic carbocycles. The summed E-state index contributed by atoms with van der Waals surface area (Å²) in [6.07, 6.45) is 2.68. The second-order valence-corrected chi connectivity index (χ2v) is 5.63. The smallest absolute Gasteiger partial charge is 0.161 e. The van der Waals surface area contributed by atoms with E-state index >= 15 is 0 Å². The van der Waals surface area contributed by atoms with Crippen molar-refractivity contribution in [2.45, 2.75) is 19.4 Å². The normalized spacial score (nSPS) is 12.4. The molecule has 0 fully saturated rings. The molecule has 0 radical (unpaired) electrons. The summed E-state index contributed by atoms with van der Waals surface area (Å²) < 4.78 is 21.2. The Hall–Kier alpha value is -1.40. The molecule has 0 aliphatic heterocycles. The first kappa shape index (κ1) is 16.0. The van der Waals surface area contributed by atoms with E-state index in [0.717, 1.165) is 28.7 Å². The maximum absolute atomic E-state index is 13.3. The molecule has 0 amide bonds. The molecule has 1 heterocycles. The summed E-state index contributed by atoms with van der Waals surface area (Å²) in [7, 11) is 3.49. The standard InChI is InChI=1S/C15H19BrFN3O/c1-4-7-18-14(11-6-5-10(17)8-12(11)16)15-13(21-3)9-19-20(15)2/h5-6,8-9,14,18H,4,7H2,1-3H3. The number of aromatic nitrogens is 2. The highest BCUT2D eigenvalue weighted by atomic mass is 79.9. The highest BCUT2D eigenvalue weighted by Gasteiger charge is 2.24. The highest BCUT2D eigenvalue weighted by Crippen LogP contribution is 2.33. The third-order valence-electron chi connectivity index (χ3n) is 3.31. The molecule has 21 heavy (non-hydrogen) atoms. The van der Waals surface area contributed by atoms with Crippen LogP contribution in [0, 0.1) is 5.82 Å². The van der Waals surface area contributed by atoms with Crippen molar-refractivity contribution >= 4 is 15.9 Å². The van der Waals surface area contributed by atoms with Crippen molar-refractivity contribution in [3.05, 3.63) is 45.9 Å². The number of ether oxygens (including phenoxy) is 1. The van der Waals surface area contributed by atoms with Gasteiger partial charge >= 0.3 is 0 Å². The fraction of sp³-hybridized carbons (Fsp3) is 0.400. The zero-order valence-corrected chi connectivity index (χ0v) is 13.9. The van der Waals surface area contributed by atoms with Crippen molar-refractivity contribution in [2.75, 3.05) is 13.7 Å². The van der Waals surface area contributed by atoms with E-state index in [2.05, 4.69) is 33.3 Å². The van der Waals surface area contributed by atoms with Gasteiger partial charge in [0.25, 0.3) is 0 Å². The zero-order chi connectivity index (χ0) is 15.4. The molecule has 4 nitrogen and oxygen atoms in total. The molecule has 1 unspecified atom stereocenters. The molecule has 1 aromatic carbocycles. The lowest BCUT2D eigenvalue weighted by molar-refractivity contribution is 0.400. The Balaban J connectivity index is 2.49. The molecule has 1 atom stereocenters. The molecule has 2 aromatic rings. The zero-order valence-electron chi connectivity index (χ0n) is 12.4. The van der Waals surface area contributed by atoms with Crippen LogP contribution in [0.25, 0.3) is 0 Å². The quantitative estimate of drug-likeness (QED) is 0.862. The number of hydrogen-bond acceptors (Lipinski definition) is 3. The number of methoxy groups -OCH3 is 1. The molecule has 0 bridgehead atoms. The van der Waals surface area contributed by atoms with Gasteiger partial charge in [-0.15, -0.1) is 0 Å². The minimum Gasteiger partial charge on any atom is -0.493 e. The third kappa shape index (κ3) is 3.44. The van der Waals surface area contributed by atoms with E-state index in [1.54, 1.807) is 24.1 Å². The van der Waals surface area contributed by atoms with Gasteiger partial charge in [-0.05, 0) is 30.7 Å². The van der Waals surface area contributed by atoms with E-state index in [-0.39, 0.29) is 11.9 Å². The van der Waals surface area contributed by atoms with Gasteiger partial charge in [0.15, 0.2) is 5.75 Å². The van der Waals surface area contributed by atoms with E-state index in [9.17, 15) is 4.39 Å². The maximum Gasteiger partial charge on any atom is 0.161 e.